The van der Waals surface area contributed by atoms with Crippen LogP contribution in [0.5, 0.6) is 0 Å². The van der Waals surface area contributed by atoms with Crippen molar-refractivity contribution in [1.82, 2.24) is 10.6 Å². The maximum atomic E-state index is 11.1. The third kappa shape index (κ3) is 6.08. The average Bonchev–Trinajstić information content (AvgIpc) is 2.30. The Morgan fingerprint density at radius 1 is 1.31 bits per heavy atom. The van der Waals surface area contributed by atoms with E-state index in [1.165, 1.54) is 32.1 Å². The molecule has 2 N–H and O–H groups in total. The number of nitrogens with one attached hydrogen (secondary N) is 2. The second kappa shape index (κ2) is 8.53. The zero-order chi connectivity index (χ0) is 11.6. The minimum Gasteiger partial charge on any atom is -0.377 e. The van der Waals surface area contributed by atoms with Crippen molar-refractivity contribution < 1.29 is 9.53 Å². The maximum absolute atomic E-state index is 11.1. The van der Waals surface area contributed by atoms with Gasteiger partial charge in [0.1, 0.15) is 0 Å². The summed E-state index contributed by atoms with van der Waals surface area (Å²) in [4.78, 5) is 11.1. The van der Waals surface area contributed by atoms with Crippen LogP contribution in [0, 0.1) is 0 Å². The lowest BCUT2D eigenvalue weighted by Crippen LogP contribution is -2.35. The van der Waals surface area contributed by atoms with Crippen LogP contribution in [0.4, 0.5) is 0 Å². The lowest BCUT2D eigenvalue weighted by Gasteiger charge is -2.21. The smallest absolute Gasteiger partial charge is 0.233 e. The van der Waals surface area contributed by atoms with E-state index in [2.05, 4.69) is 10.6 Å². The molecule has 0 aromatic carbocycles. The van der Waals surface area contributed by atoms with E-state index in [1.807, 2.05) is 6.92 Å². The molecule has 0 bridgehead atoms. The van der Waals surface area contributed by atoms with Crippen LogP contribution in [-0.4, -0.2) is 38.3 Å². The summed E-state index contributed by atoms with van der Waals surface area (Å²) in [6.45, 7) is 4.47. The van der Waals surface area contributed by atoms with Crippen molar-refractivity contribution >= 4 is 5.91 Å². The molecule has 0 aromatic rings. The van der Waals surface area contributed by atoms with Crippen molar-refractivity contribution in [3.8, 4) is 0 Å². The van der Waals surface area contributed by atoms with E-state index in [0.29, 0.717) is 25.8 Å². The normalized spacial score (nSPS) is 17.3. The summed E-state index contributed by atoms with van der Waals surface area (Å²) in [6.07, 6.45) is 6.83. The van der Waals surface area contributed by atoms with Gasteiger partial charge in [-0.25, -0.2) is 0 Å². The second-order valence-electron chi connectivity index (χ2n) is 4.26. The van der Waals surface area contributed by atoms with Crippen LogP contribution in [0.25, 0.3) is 0 Å². The van der Waals surface area contributed by atoms with E-state index in [-0.39, 0.29) is 5.91 Å². The molecular weight excluding hydrogens is 204 g/mol. The van der Waals surface area contributed by atoms with Gasteiger partial charge < -0.3 is 15.4 Å². The highest BCUT2D eigenvalue weighted by Crippen LogP contribution is 2.19. The van der Waals surface area contributed by atoms with Crippen LogP contribution in [0.3, 0.4) is 0 Å². The first-order valence-electron chi connectivity index (χ1n) is 6.42. The predicted molar refractivity (Wildman–Crippen MR) is 64.4 cm³/mol. The Bertz CT molecular complexity index is 191. The van der Waals surface area contributed by atoms with Crippen LogP contribution >= 0.6 is 0 Å². The summed E-state index contributed by atoms with van der Waals surface area (Å²) < 4.78 is 5.73. The molecule has 16 heavy (non-hydrogen) atoms. The zero-order valence-corrected chi connectivity index (χ0v) is 10.3. The molecule has 1 aliphatic rings. The van der Waals surface area contributed by atoms with Gasteiger partial charge in [-0.3, -0.25) is 4.79 Å². The summed E-state index contributed by atoms with van der Waals surface area (Å²) >= 11 is 0. The summed E-state index contributed by atoms with van der Waals surface area (Å²) in [5, 5.41) is 5.82. The van der Waals surface area contributed by atoms with Crippen LogP contribution in [0.1, 0.15) is 39.0 Å². The molecule has 1 rings (SSSR count). The second-order valence-corrected chi connectivity index (χ2v) is 4.26. The van der Waals surface area contributed by atoms with Crippen molar-refractivity contribution in [3.63, 3.8) is 0 Å². The predicted octanol–water partition coefficient (Wildman–Crippen LogP) is 1.06. The van der Waals surface area contributed by atoms with E-state index < -0.39 is 0 Å². The van der Waals surface area contributed by atoms with E-state index in [0.717, 1.165) is 6.54 Å². The number of likely N-dealkylation sites (N-methyl/N-ethyl adjacent to an activating group) is 1. The highest BCUT2D eigenvalue weighted by molar-refractivity contribution is 5.77. The molecule has 0 heterocycles. The molecule has 1 aliphatic carbocycles. The van der Waals surface area contributed by atoms with Crippen molar-refractivity contribution in [3.05, 3.63) is 0 Å². The molecule has 0 unspecified atom stereocenters. The molecule has 0 radical (unpaired) electrons. The van der Waals surface area contributed by atoms with Gasteiger partial charge in [-0.2, -0.15) is 0 Å². The Balaban J connectivity index is 1.89. The van der Waals surface area contributed by atoms with E-state index in [4.69, 9.17) is 4.74 Å². The van der Waals surface area contributed by atoms with Crippen LogP contribution < -0.4 is 10.6 Å². The minimum atomic E-state index is 0.0557. The molecule has 4 nitrogen and oxygen atoms in total. The third-order valence-electron chi connectivity index (χ3n) is 2.84. The van der Waals surface area contributed by atoms with Gasteiger partial charge in [-0.15, -0.1) is 0 Å². The van der Waals surface area contributed by atoms with Crippen molar-refractivity contribution in [1.29, 1.82) is 0 Å². The van der Waals surface area contributed by atoms with Crippen LogP contribution in [0.15, 0.2) is 0 Å². The minimum absolute atomic E-state index is 0.0557. The Kier molecular flexibility index (Phi) is 7.17. The summed E-state index contributed by atoms with van der Waals surface area (Å²) in [6, 6.07) is 0. The van der Waals surface area contributed by atoms with Gasteiger partial charge in [0, 0.05) is 13.1 Å². The molecule has 1 amide bonds. The van der Waals surface area contributed by atoms with Gasteiger partial charge in [0.2, 0.25) is 5.91 Å². The van der Waals surface area contributed by atoms with E-state index in [9.17, 15) is 4.79 Å². The number of amides is 1. The highest BCUT2D eigenvalue weighted by Gasteiger charge is 2.12. The Morgan fingerprint density at radius 2 is 2.06 bits per heavy atom. The fraction of sp³-hybridized carbons (Fsp3) is 0.917. The Hall–Kier alpha value is -0.610. The molecule has 4 heteroatoms. The Labute approximate surface area is 98.1 Å². The Morgan fingerprint density at radius 3 is 2.75 bits per heavy atom. The first kappa shape index (κ1) is 13.5. The fourth-order valence-electron chi connectivity index (χ4n) is 1.99. The number of carbonyl (C=O) groups is 1. The maximum Gasteiger partial charge on any atom is 0.233 e. The zero-order valence-electron chi connectivity index (χ0n) is 10.3. The molecular formula is C12H24N2O2. The first-order valence-corrected chi connectivity index (χ1v) is 6.42. The molecule has 1 fully saturated rings. The van der Waals surface area contributed by atoms with Crippen LogP contribution in [0.2, 0.25) is 0 Å². The molecule has 0 saturated heterocycles. The number of carbonyl (C=O) groups excluding carboxylic acids is 1. The average molecular weight is 228 g/mol. The largest absolute Gasteiger partial charge is 0.377 e. The summed E-state index contributed by atoms with van der Waals surface area (Å²) in [7, 11) is 0. The van der Waals surface area contributed by atoms with Crippen molar-refractivity contribution in [2.45, 2.75) is 45.1 Å². The van der Waals surface area contributed by atoms with Gasteiger partial charge >= 0.3 is 0 Å². The van der Waals surface area contributed by atoms with Crippen LogP contribution in [-0.2, 0) is 9.53 Å². The lowest BCUT2D eigenvalue weighted by molar-refractivity contribution is -0.120. The van der Waals surface area contributed by atoms with Crippen molar-refractivity contribution in [2.75, 3.05) is 26.2 Å². The van der Waals surface area contributed by atoms with E-state index in [1.54, 1.807) is 0 Å². The van der Waals surface area contributed by atoms with Gasteiger partial charge in [-0.1, -0.05) is 19.3 Å². The summed E-state index contributed by atoms with van der Waals surface area (Å²) in [5.41, 5.74) is 0. The monoisotopic (exact) mass is 228 g/mol. The van der Waals surface area contributed by atoms with Crippen molar-refractivity contribution in [2.24, 2.45) is 0 Å². The fourth-order valence-corrected chi connectivity index (χ4v) is 1.99. The molecule has 1 saturated carbocycles. The van der Waals surface area contributed by atoms with Gasteiger partial charge in [0.15, 0.2) is 0 Å². The quantitative estimate of drug-likeness (QED) is 0.641. The highest BCUT2D eigenvalue weighted by atomic mass is 16.5. The van der Waals surface area contributed by atoms with Gasteiger partial charge in [-0.05, 0) is 19.8 Å². The molecule has 0 spiro atoms. The molecule has 0 atom stereocenters. The lowest BCUT2D eigenvalue weighted by atomic mass is 9.98. The SMILES string of the molecule is CCNC(=O)CNCCOC1CCCCC1. The van der Waals surface area contributed by atoms with Gasteiger partial charge in [0.05, 0.1) is 19.3 Å². The number of hydrogen-bond donors (Lipinski definition) is 2. The number of rotatable bonds is 7. The first-order chi connectivity index (χ1) is 7.83. The number of hydrogen-bond acceptors (Lipinski definition) is 3. The van der Waals surface area contributed by atoms with E-state index >= 15 is 0 Å². The van der Waals surface area contributed by atoms with Gasteiger partial charge in [0.25, 0.3) is 0 Å². The topological polar surface area (TPSA) is 50.4 Å². The summed E-state index contributed by atoms with van der Waals surface area (Å²) in [5.74, 6) is 0.0557. The molecule has 94 valence electrons. The number of ether oxygens (including phenoxy) is 1. The third-order valence-corrected chi connectivity index (χ3v) is 2.84. The molecule has 0 aliphatic heterocycles. The standard InChI is InChI=1S/C12H24N2O2/c1-2-14-12(15)10-13-8-9-16-11-6-4-3-5-7-11/h11,13H,2-10H2,1H3,(H,14,15). The molecule has 0 aromatic heterocycles.